The second-order valence-corrected chi connectivity index (χ2v) is 37.5. The van der Waals surface area contributed by atoms with E-state index >= 15 is 0 Å². The molecule has 0 fully saturated rings. The van der Waals surface area contributed by atoms with Gasteiger partial charge in [0.25, 0.3) is 0 Å². The van der Waals surface area contributed by atoms with Gasteiger partial charge in [0.1, 0.15) is 23.0 Å². The van der Waals surface area contributed by atoms with Gasteiger partial charge < -0.3 is 28.7 Å². The maximum Gasteiger partial charge on any atom is 0.119 e. The number of nitrogens with zero attached hydrogens (tertiary/aromatic N) is 2. The highest BCUT2D eigenvalue weighted by molar-refractivity contribution is 6.61. The van der Waals surface area contributed by atoms with Crippen LogP contribution in [0.25, 0.3) is 129 Å². The molecule has 0 aliphatic heterocycles. The highest BCUT2D eigenvalue weighted by Gasteiger charge is 2.34. The lowest BCUT2D eigenvalue weighted by molar-refractivity contribution is 0.414. The molecule has 0 aromatic heterocycles. The molecule has 0 amide bonds. The predicted octanol–water partition coefficient (Wildman–Crippen LogP) is 37.0. The largest absolute Gasteiger partial charge is 0.497 e. The summed E-state index contributed by atoms with van der Waals surface area (Å²) in [5, 5.41) is 33.9. The van der Waals surface area contributed by atoms with Gasteiger partial charge in [0.2, 0.25) is 0 Å². The molecule has 0 aliphatic carbocycles. The predicted molar refractivity (Wildman–Crippen MR) is 541 cm³/mol. The molecule has 0 radical (unpaired) electrons. The summed E-state index contributed by atoms with van der Waals surface area (Å²) in [6.45, 7) is 9.33. The van der Waals surface area contributed by atoms with Crippen LogP contribution in [0.5, 0.6) is 23.0 Å². The maximum absolute atomic E-state index is 5.95. The Balaban J connectivity index is 0.974. The van der Waals surface area contributed by atoms with Crippen LogP contribution in [-0.4, -0.2) is 28.4 Å². The van der Waals surface area contributed by atoms with Crippen LogP contribution in [0, 0.1) is 0 Å². The van der Waals surface area contributed by atoms with E-state index in [1.807, 2.05) is 0 Å². The molecular formula is C118H140N2O4. The van der Waals surface area contributed by atoms with Gasteiger partial charge in [0.15, 0.2) is 0 Å². The SMILES string of the molecule is CCCCCCCCCCCCc1cc2c3cc(CCCCCCCCCCCC)cc4c5cc(N(c6ccc(OC)cc6)c6ccc(OC)cc6)cc6c7cc(CCCCCCCCCCCC)cc8c9cc(CCCCCCCCCCCC)cc%10c%11cc(N(c%12ccc(OC)cc%12)c%12ccc(OC)cc%12)cc%12c(c1)c2c1c(c34)c(c56)c(c87)c(c9%10)c1c%12%11. The lowest BCUT2D eigenvalue weighted by atomic mass is 9.72. The van der Waals surface area contributed by atoms with Gasteiger partial charge in [-0.3, -0.25) is 0 Å². The number of rotatable bonds is 54. The monoisotopic (exact) mass is 1650 g/mol. The summed E-state index contributed by atoms with van der Waals surface area (Å²) in [4.78, 5) is 5.05. The van der Waals surface area contributed by atoms with Crippen LogP contribution >= 0.6 is 0 Å². The minimum absolute atomic E-state index is 0.844. The van der Waals surface area contributed by atoms with Gasteiger partial charge in [-0.05, 0) is 324 Å². The van der Waals surface area contributed by atoms with Crippen LogP contribution in [0.4, 0.5) is 34.1 Å². The van der Waals surface area contributed by atoms with Crippen molar-refractivity contribution in [2.45, 2.75) is 310 Å². The van der Waals surface area contributed by atoms with Crippen molar-refractivity contribution in [3.8, 4) is 23.0 Å². The zero-order valence-corrected chi connectivity index (χ0v) is 76.8. The van der Waals surface area contributed by atoms with Crippen LogP contribution in [0.15, 0.2) is 170 Å². The molecule has 0 aliphatic rings. The zero-order chi connectivity index (χ0) is 84.8. The second kappa shape index (κ2) is 41.1. The van der Waals surface area contributed by atoms with Crippen LogP contribution in [0.1, 0.15) is 307 Å². The van der Waals surface area contributed by atoms with Crippen LogP contribution < -0.4 is 28.7 Å². The Morgan fingerprint density at radius 2 is 0.306 bits per heavy atom. The molecule has 0 atom stereocenters. The first-order valence-corrected chi connectivity index (χ1v) is 49.7. The number of ether oxygens (including phenoxy) is 4. The smallest absolute Gasteiger partial charge is 0.119 e. The van der Waals surface area contributed by atoms with Gasteiger partial charge in [0, 0.05) is 34.1 Å². The molecular weight excluding hydrogens is 1510 g/mol. The minimum Gasteiger partial charge on any atom is -0.497 e. The van der Waals surface area contributed by atoms with Crippen molar-refractivity contribution in [1.29, 1.82) is 0 Å². The molecule has 17 rings (SSSR count). The van der Waals surface area contributed by atoms with Crippen molar-refractivity contribution in [2.24, 2.45) is 0 Å². The van der Waals surface area contributed by atoms with Crippen molar-refractivity contribution in [2.75, 3.05) is 38.2 Å². The first-order valence-electron chi connectivity index (χ1n) is 49.7. The standard InChI is InChI=1S/C118H140N2O4/c1-9-13-17-21-25-29-33-37-41-45-49-81-69-95-96-70-82(50-46-42-38-34-30-26-22-18-14-10-2)74-100-105-79-90(120(87-57-65-93(123-7)66-58-87)88-59-67-94(124-8)68-60-88)80-106-102-76-84(52-48-44-40-36-32-28-24-20-16-12-4)72-98-97-71-83(51-47-43-39-35-31-27-23-19-15-11-3)75-101-104-78-89(119(85-53-61-91(121-5)62-54-85)86-55-63-92(122-6)64-56-86)77-103-99(73-81)107(95)113-114(108(96)100)118(112(105)106)116(110(98)102)115(109(97)101)117(113)111(103)104/h53-80H,9-52H2,1-8H3. The third kappa shape index (κ3) is 17.9. The lowest BCUT2D eigenvalue weighted by Gasteiger charge is -2.32. The highest BCUT2D eigenvalue weighted by Crippen LogP contribution is 2.62. The third-order valence-corrected chi connectivity index (χ3v) is 28.9. The van der Waals surface area contributed by atoms with E-state index < -0.39 is 0 Å². The average Bonchev–Trinajstić information content (AvgIpc) is 0.640. The maximum atomic E-state index is 5.95. The van der Waals surface area contributed by atoms with E-state index in [0.29, 0.717) is 0 Å². The van der Waals surface area contributed by atoms with Crippen LogP contribution in [0.3, 0.4) is 0 Å². The van der Waals surface area contributed by atoms with Gasteiger partial charge in [-0.1, -0.05) is 307 Å². The number of hydrogen-bond acceptors (Lipinski definition) is 6. The molecule has 0 bridgehead atoms. The molecule has 0 spiro atoms. The highest BCUT2D eigenvalue weighted by atomic mass is 16.5. The van der Waals surface area contributed by atoms with E-state index in [2.05, 4.69) is 207 Å². The van der Waals surface area contributed by atoms with Crippen LogP contribution in [0.2, 0.25) is 0 Å². The second-order valence-electron chi connectivity index (χ2n) is 37.5. The Labute approximate surface area is 741 Å². The van der Waals surface area contributed by atoms with Gasteiger partial charge >= 0.3 is 0 Å². The van der Waals surface area contributed by atoms with Crippen molar-refractivity contribution >= 4 is 163 Å². The van der Waals surface area contributed by atoms with E-state index in [-0.39, 0.29) is 0 Å². The molecule has 6 heteroatoms. The van der Waals surface area contributed by atoms with Gasteiger partial charge in [0.05, 0.1) is 28.4 Å². The fourth-order valence-electron chi connectivity index (χ4n) is 22.4. The Kier molecular flexibility index (Phi) is 28.6. The summed E-state index contributed by atoms with van der Waals surface area (Å²) in [6.07, 6.45) is 56.7. The third-order valence-electron chi connectivity index (χ3n) is 28.9. The van der Waals surface area contributed by atoms with E-state index in [1.54, 1.807) is 28.4 Å². The summed E-state index contributed by atoms with van der Waals surface area (Å²) >= 11 is 0. The molecule has 17 aromatic carbocycles. The number of benzene rings is 17. The van der Waals surface area contributed by atoms with E-state index in [1.165, 1.54) is 408 Å². The number of anilines is 6. The molecule has 0 saturated heterocycles. The zero-order valence-electron chi connectivity index (χ0n) is 76.8. The van der Waals surface area contributed by atoms with Gasteiger partial charge in [-0.2, -0.15) is 0 Å². The first kappa shape index (κ1) is 86.3. The van der Waals surface area contributed by atoms with Crippen molar-refractivity contribution in [3.05, 3.63) is 192 Å². The molecule has 124 heavy (non-hydrogen) atoms. The Morgan fingerprint density at radius 1 is 0.161 bits per heavy atom. The van der Waals surface area contributed by atoms with E-state index in [9.17, 15) is 0 Å². The van der Waals surface area contributed by atoms with Gasteiger partial charge in [-0.25, -0.2) is 0 Å². The molecule has 0 N–H and O–H groups in total. The normalized spacial score (nSPS) is 12.3. The van der Waals surface area contributed by atoms with Crippen molar-refractivity contribution in [3.63, 3.8) is 0 Å². The summed E-state index contributed by atoms with van der Waals surface area (Å²) in [6, 6.07) is 67.6. The van der Waals surface area contributed by atoms with Gasteiger partial charge in [-0.15, -0.1) is 0 Å². The van der Waals surface area contributed by atoms with E-state index in [4.69, 9.17) is 18.9 Å². The number of hydrogen-bond donors (Lipinski definition) is 0. The topological polar surface area (TPSA) is 43.4 Å². The quantitative estimate of drug-likeness (QED) is 0.0215. The van der Waals surface area contributed by atoms with Crippen molar-refractivity contribution < 1.29 is 18.9 Å². The van der Waals surface area contributed by atoms with Crippen molar-refractivity contribution in [1.82, 2.24) is 0 Å². The molecule has 6 nitrogen and oxygen atoms in total. The summed E-state index contributed by atoms with van der Waals surface area (Å²) in [5.41, 5.74) is 12.4. The number of unbranched alkanes of at least 4 members (excludes halogenated alkanes) is 36. The fourth-order valence-corrected chi connectivity index (χ4v) is 22.4. The van der Waals surface area contributed by atoms with Crippen LogP contribution in [-0.2, 0) is 25.7 Å². The molecule has 0 unspecified atom stereocenters. The average molecular weight is 1650 g/mol. The Bertz CT molecular complexity index is 5490. The molecule has 17 aromatic rings. The Morgan fingerprint density at radius 3 is 0.460 bits per heavy atom. The summed E-state index contributed by atoms with van der Waals surface area (Å²) in [5.74, 6) is 3.38. The lowest BCUT2D eigenvalue weighted by Crippen LogP contribution is -2.11. The minimum atomic E-state index is 0.844. The Hall–Kier alpha value is -9.78. The van der Waals surface area contributed by atoms with E-state index in [0.717, 1.165) is 82.8 Å². The number of aryl methyl sites for hydroxylation is 4. The summed E-state index contributed by atoms with van der Waals surface area (Å²) in [7, 11) is 7.14. The molecule has 0 heterocycles. The number of methoxy groups -OCH3 is 4. The first-order chi connectivity index (χ1) is 61.3. The molecule has 0 saturated carbocycles. The summed E-state index contributed by atoms with van der Waals surface area (Å²) < 4.78 is 23.8. The fraction of sp³-hybridized carbons (Fsp3) is 0.441. The number of fused-ring (bicyclic) bond motifs is 6. The molecule has 646 valence electrons.